The zero-order chi connectivity index (χ0) is 12.0. The Morgan fingerprint density at radius 3 is 2.81 bits per heavy atom. The first-order valence-corrected chi connectivity index (χ1v) is 5.94. The fourth-order valence-corrected chi connectivity index (χ4v) is 1.50. The number of nitrogens with one attached hydrogen (secondary N) is 1. The summed E-state index contributed by atoms with van der Waals surface area (Å²) < 4.78 is 2.03. The first-order chi connectivity index (χ1) is 7.61. The van der Waals surface area contributed by atoms with Crippen molar-refractivity contribution < 1.29 is 5.11 Å². The van der Waals surface area contributed by atoms with Crippen molar-refractivity contribution in [3.05, 3.63) is 18.2 Å². The summed E-state index contributed by atoms with van der Waals surface area (Å²) in [5.41, 5.74) is 1.06. The molecule has 16 heavy (non-hydrogen) atoms. The van der Waals surface area contributed by atoms with Crippen LogP contribution < -0.4 is 5.32 Å². The van der Waals surface area contributed by atoms with Crippen LogP contribution in [0.5, 0.6) is 0 Å². The molecule has 1 unspecified atom stereocenters. The monoisotopic (exact) mass is 225 g/mol. The van der Waals surface area contributed by atoms with E-state index in [9.17, 15) is 0 Å². The maximum atomic E-state index is 8.96. The molecule has 1 atom stereocenters. The zero-order valence-corrected chi connectivity index (χ0v) is 10.5. The first kappa shape index (κ1) is 13.2. The maximum Gasteiger partial charge on any atom is 0.0950 e. The van der Waals surface area contributed by atoms with E-state index in [-0.39, 0.29) is 12.5 Å². The molecule has 0 bridgehead atoms. The van der Waals surface area contributed by atoms with Gasteiger partial charge in [-0.15, -0.1) is 0 Å². The van der Waals surface area contributed by atoms with Crippen LogP contribution >= 0.6 is 0 Å². The van der Waals surface area contributed by atoms with Gasteiger partial charge in [-0.2, -0.15) is 0 Å². The molecule has 2 N–H and O–H groups in total. The minimum Gasteiger partial charge on any atom is -0.396 e. The van der Waals surface area contributed by atoms with Crippen molar-refractivity contribution in [2.45, 2.75) is 33.9 Å². The van der Waals surface area contributed by atoms with E-state index in [0.29, 0.717) is 5.92 Å². The molecule has 0 fully saturated rings. The molecule has 4 heteroatoms. The molecule has 0 radical (unpaired) electrons. The fourth-order valence-electron chi connectivity index (χ4n) is 1.50. The molecule has 0 aromatic carbocycles. The highest BCUT2D eigenvalue weighted by atomic mass is 16.3. The van der Waals surface area contributed by atoms with Crippen molar-refractivity contribution in [1.29, 1.82) is 0 Å². The summed E-state index contributed by atoms with van der Waals surface area (Å²) in [7, 11) is 0. The normalized spacial score (nSPS) is 13.3. The third-order valence-electron chi connectivity index (χ3n) is 2.38. The maximum absolute atomic E-state index is 8.96. The number of hydrogen-bond donors (Lipinski definition) is 2. The molecule has 0 amide bonds. The van der Waals surface area contributed by atoms with Gasteiger partial charge in [0.1, 0.15) is 0 Å². The van der Waals surface area contributed by atoms with E-state index < -0.39 is 0 Å². The quantitative estimate of drug-likeness (QED) is 0.734. The van der Waals surface area contributed by atoms with Crippen molar-refractivity contribution in [2.75, 3.05) is 13.2 Å². The molecule has 92 valence electrons. The lowest BCUT2D eigenvalue weighted by atomic mass is 10.2. The third-order valence-corrected chi connectivity index (χ3v) is 2.38. The van der Waals surface area contributed by atoms with E-state index >= 15 is 0 Å². The van der Waals surface area contributed by atoms with E-state index in [0.717, 1.165) is 25.3 Å². The average Bonchev–Trinajstić information content (AvgIpc) is 2.65. The Morgan fingerprint density at radius 2 is 2.19 bits per heavy atom. The van der Waals surface area contributed by atoms with E-state index in [1.165, 1.54) is 0 Å². The SMILES string of the molecule is CC(C)CNCc1cn(CC(C)CO)cn1. The van der Waals surface area contributed by atoms with E-state index in [1.54, 1.807) is 0 Å². The number of aromatic nitrogens is 2. The van der Waals surface area contributed by atoms with Gasteiger partial charge in [-0.1, -0.05) is 20.8 Å². The first-order valence-electron chi connectivity index (χ1n) is 5.94. The summed E-state index contributed by atoms with van der Waals surface area (Å²) in [6, 6.07) is 0. The van der Waals surface area contributed by atoms with Crippen molar-refractivity contribution in [3.63, 3.8) is 0 Å². The summed E-state index contributed by atoms with van der Waals surface area (Å²) in [6.45, 7) is 9.28. The minimum atomic E-state index is 0.221. The van der Waals surface area contributed by atoms with E-state index in [2.05, 4.69) is 24.1 Å². The van der Waals surface area contributed by atoms with Crippen LogP contribution in [0.25, 0.3) is 0 Å². The fraction of sp³-hybridized carbons (Fsp3) is 0.750. The van der Waals surface area contributed by atoms with Gasteiger partial charge in [-0.3, -0.25) is 0 Å². The summed E-state index contributed by atoms with van der Waals surface area (Å²) in [6.07, 6.45) is 3.87. The Bertz CT molecular complexity index is 296. The number of rotatable bonds is 7. The topological polar surface area (TPSA) is 50.1 Å². The lowest BCUT2D eigenvalue weighted by Crippen LogP contribution is -2.19. The second-order valence-electron chi connectivity index (χ2n) is 4.87. The minimum absolute atomic E-state index is 0.221. The molecule has 0 aliphatic heterocycles. The van der Waals surface area contributed by atoms with Crippen LogP contribution in [0.15, 0.2) is 12.5 Å². The molecular formula is C12H23N3O. The van der Waals surface area contributed by atoms with Crippen LogP contribution in [0, 0.1) is 11.8 Å². The van der Waals surface area contributed by atoms with Gasteiger partial charge in [-0.25, -0.2) is 4.98 Å². The van der Waals surface area contributed by atoms with Gasteiger partial charge in [0.05, 0.1) is 12.0 Å². The Morgan fingerprint density at radius 1 is 1.44 bits per heavy atom. The summed E-state index contributed by atoms with van der Waals surface area (Å²) in [5.74, 6) is 0.946. The van der Waals surface area contributed by atoms with Gasteiger partial charge in [0, 0.05) is 25.9 Å². The van der Waals surface area contributed by atoms with Crippen LogP contribution in [0.3, 0.4) is 0 Å². The molecule has 1 rings (SSSR count). The van der Waals surface area contributed by atoms with Crippen LogP contribution in [0.2, 0.25) is 0 Å². The lowest BCUT2D eigenvalue weighted by molar-refractivity contribution is 0.223. The van der Waals surface area contributed by atoms with Crippen molar-refractivity contribution in [3.8, 4) is 0 Å². The average molecular weight is 225 g/mol. The van der Waals surface area contributed by atoms with Gasteiger partial charge >= 0.3 is 0 Å². The Hall–Kier alpha value is -0.870. The number of hydrogen-bond acceptors (Lipinski definition) is 3. The highest BCUT2D eigenvalue weighted by molar-refractivity contribution is 4.96. The largest absolute Gasteiger partial charge is 0.396 e. The highest BCUT2D eigenvalue weighted by Crippen LogP contribution is 2.02. The standard InChI is InChI=1S/C12H23N3O/c1-10(2)4-13-5-12-7-15(9-14-12)6-11(3)8-16/h7,9-11,13,16H,4-6,8H2,1-3H3. The number of aliphatic hydroxyl groups is 1. The number of imidazole rings is 1. The predicted molar refractivity (Wildman–Crippen MR) is 65.0 cm³/mol. The zero-order valence-electron chi connectivity index (χ0n) is 10.5. The molecule has 0 aliphatic rings. The third kappa shape index (κ3) is 4.77. The van der Waals surface area contributed by atoms with Crippen molar-refractivity contribution in [2.24, 2.45) is 11.8 Å². The van der Waals surface area contributed by atoms with Crippen LogP contribution in [-0.2, 0) is 13.1 Å². The molecule has 0 saturated carbocycles. The van der Waals surface area contributed by atoms with Crippen molar-refractivity contribution in [1.82, 2.24) is 14.9 Å². The molecule has 1 heterocycles. The van der Waals surface area contributed by atoms with Crippen LogP contribution in [0.4, 0.5) is 0 Å². The molecule has 1 aromatic rings. The molecule has 4 nitrogen and oxygen atoms in total. The van der Waals surface area contributed by atoms with E-state index in [4.69, 9.17) is 5.11 Å². The van der Waals surface area contributed by atoms with Gasteiger partial charge in [-0.05, 0) is 18.4 Å². The van der Waals surface area contributed by atoms with Gasteiger partial charge in [0.15, 0.2) is 0 Å². The van der Waals surface area contributed by atoms with Gasteiger partial charge < -0.3 is 15.0 Å². The molecule has 1 aromatic heterocycles. The molecule has 0 spiro atoms. The Labute approximate surface area is 97.7 Å². The smallest absolute Gasteiger partial charge is 0.0950 e. The second kappa shape index (κ2) is 6.66. The highest BCUT2D eigenvalue weighted by Gasteiger charge is 2.03. The summed E-state index contributed by atoms with van der Waals surface area (Å²) in [5, 5.41) is 12.3. The van der Waals surface area contributed by atoms with Crippen LogP contribution in [-0.4, -0.2) is 27.8 Å². The summed E-state index contributed by atoms with van der Waals surface area (Å²) in [4.78, 5) is 4.32. The molecule has 0 saturated heterocycles. The van der Waals surface area contributed by atoms with E-state index in [1.807, 2.05) is 24.0 Å². The number of aliphatic hydroxyl groups excluding tert-OH is 1. The van der Waals surface area contributed by atoms with Crippen LogP contribution in [0.1, 0.15) is 26.5 Å². The molecule has 0 aliphatic carbocycles. The van der Waals surface area contributed by atoms with Crippen molar-refractivity contribution >= 4 is 0 Å². The lowest BCUT2D eigenvalue weighted by Gasteiger charge is -2.07. The Balaban J connectivity index is 2.33. The van der Waals surface area contributed by atoms with Gasteiger partial charge in [0.2, 0.25) is 0 Å². The second-order valence-corrected chi connectivity index (χ2v) is 4.87. The van der Waals surface area contributed by atoms with Gasteiger partial charge in [0.25, 0.3) is 0 Å². The molecular weight excluding hydrogens is 202 g/mol. The summed E-state index contributed by atoms with van der Waals surface area (Å²) >= 11 is 0. The predicted octanol–water partition coefficient (Wildman–Crippen LogP) is 1.26. The Kier molecular flexibility index (Phi) is 5.49. The number of nitrogens with zero attached hydrogens (tertiary/aromatic N) is 2.